The van der Waals surface area contributed by atoms with E-state index in [2.05, 4.69) is 29.0 Å². The van der Waals surface area contributed by atoms with Gasteiger partial charge in [0, 0.05) is 31.7 Å². The Kier molecular flexibility index (Phi) is 11.0. The van der Waals surface area contributed by atoms with E-state index in [1.807, 2.05) is 18.3 Å². The first-order valence-corrected chi connectivity index (χ1v) is 8.37. The summed E-state index contributed by atoms with van der Waals surface area (Å²) < 4.78 is 0. The number of nitrogens with two attached hydrogens (primary N) is 1. The van der Waals surface area contributed by atoms with Crippen molar-refractivity contribution in [2.24, 2.45) is 17.6 Å². The van der Waals surface area contributed by atoms with Crippen LogP contribution in [0.5, 0.6) is 0 Å². The van der Waals surface area contributed by atoms with E-state index < -0.39 is 0 Å². The van der Waals surface area contributed by atoms with Crippen LogP contribution in [-0.4, -0.2) is 30.5 Å². The van der Waals surface area contributed by atoms with E-state index in [0.29, 0.717) is 19.0 Å². The van der Waals surface area contributed by atoms with Gasteiger partial charge in [0.25, 0.3) is 0 Å². The number of aromatic nitrogens is 1. The largest absolute Gasteiger partial charge is 0.357 e. The highest BCUT2D eigenvalue weighted by Crippen LogP contribution is 2.30. The van der Waals surface area contributed by atoms with Crippen molar-refractivity contribution in [3.05, 3.63) is 23.9 Å². The summed E-state index contributed by atoms with van der Waals surface area (Å²) in [6.45, 7) is 7.28. The molecule has 0 spiro atoms. The molecule has 0 saturated heterocycles. The third kappa shape index (κ3) is 5.80. The summed E-state index contributed by atoms with van der Waals surface area (Å²) in [6.07, 6.45) is 5.00. The fraction of sp³-hybridized carbons (Fsp3) is 0.647. The van der Waals surface area contributed by atoms with Crippen molar-refractivity contribution in [2.75, 3.05) is 24.5 Å². The number of nitrogens with zero attached hydrogens (tertiary/aromatic N) is 2. The van der Waals surface area contributed by atoms with E-state index in [1.54, 1.807) is 0 Å². The van der Waals surface area contributed by atoms with Crippen molar-refractivity contribution in [1.29, 1.82) is 0 Å². The van der Waals surface area contributed by atoms with Crippen molar-refractivity contribution in [3.8, 4) is 0 Å². The minimum absolute atomic E-state index is 0. The van der Waals surface area contributed by atoms with Crippen molar-refractivity contribution in [3.63, 3.8) is 0 Å². The molecule has 1 aromatic rings. The standard InChI is InChI=1S/C17H28N4O.2ClH/c1-3-21(4-2)16-9-8-13(11-19-16)12-20-17(22)15-7-5-6-14(15)10-18;;/h8-9,11,14-15H,3-7,10,12,18H2,1-2H3,(H,20,22);2*1H/t14-,15-;;/m1../s1. The van der Waals surface area contributed by atoms with Gasteiger partial charge in [-0.05, 0) is 50.8 Å². The first kappa shape index (κ1) is 23.0. The fourth-order valence-corrected chi connectivity index (χ4v) is 3.24. The molecule has 0 bridgehead atoms. The van der Waals surface area contributed by atoms with E-state index in [0.717, 1.165) is 43.7 Å². The maximum Gasteiger partial charge on any atom is 0.223 e. The van der Waals surface area contributed by atoms with Crippen molar-refractivity contribution in [1.82, 2.24) is 10.3 Å². The van der Waals surface area contributed by atoms with Gasteiger partial charge in [-0.15, -0.1) is 24.8 Å². The van der Waals surface area contributed by atoms with Crippen LogP contribution < -0.4 is 16.0 Å². The first-order chi connectivity index (χ1) is 10.7. The molecule has 2 atom stereocenters. The number of carbonyl (C=O) groups is 1. The molecule has 1 aromatic heterocycles. The van der Waals surface area contributed by atoms with E-state index in [-0.39, 0.29) is 36.6 Å². The number of nitrogens with one attached hydrogen (secondary N) is 1. The lowest BCUT2D eigenvalue weighted by atomic mass is 9.95. The molecule has 5 nitrogen and oxygen atoms in total. The number of amides is 1. The second-order valence-electron chi connectivity index (χ2n) is 5.95. The molecular formula is C17H30Cl2N4O. The van der Waals surface area contributed by atoms with Gasteiger partial charge in [0.2, 0.25) is 5.91 Å². The van der Waals surface area contributed by atoms with Crippen LogP contribution >= 0.6 is 24.8 Å². The van der Waals surface area contributed by atoms with Crippen molar-refractivity contribution >= 4 is 36.5 Å². The third-order valence-electron chi connectivity index (χ3n) is 4.66. The van der Waals surface area contributed by atoms with Crippen LogP contribution in [-0.2, 0) is 11.3 Å². The molecule has 0 unspecified atom stereocenters. The molecule has 1 fully saturated rings. The number of hydrogen-bond acceptors (Lipinski definition) is 4. The number of halogens is 2. The quantitative estimate of drug-likeness (QED) is 0.767. The lowest BCUT2D eigenvalue weighted by molar-refractivity contribution is -0.126. The Bertz CT molecular complexity index is 480. The lowest BCUT2D eigenvalue weighted by Gasteiger charge is -2.20. The molecule has 2 rings (SSSR count). The number of hydrogen-bond donors (Lipinski definition) is 2. The maximum atomic E-state index is 12.3. The van der Waals surface area contributed by atoms with Crippen LogP contribution in [0, 0.1) is 11.8 Å². The molecule has 1 aliphatic carbocycles. The molecule has 7 heteroatoms. The fourth-order valence-electron chi connectivity index (χ4n) is 3.24. The molecule has 0 aliphatic heterocycles. The van der Waals surface area contributed by atoms with Gasteiger partial charge in [-0.25, -0.2) is 4.98 Å². The summed E-state index contributed by atoms with van der Waals surface area (Å²) in [5, 5.41) is 3.03. The minimum atomic E-state index is 0. The van der Waals surface area contributed by atoms with E-state index in [9.17, 15) is 4.79 Å². The summed E-state index contributed by atoms with van der Waals surface area (Å²) >= 11 is 0. The highest BCUT2D eigenvalue weighted by Gasteiger charge is 2.31. The average Bonchev–Trinajstić information content (AvgIpc) is 3.03. The average molecular weight is 377 g/mol. The molecule has 3 N–H and O–H groups in total. The van der Waals surface area contributed by atoms with Gasteiger partial charge >= 0.3 is 0 Å². The molecule has 1 heterocycles. The van der Waals surface area contributed by atoms with Crippen molar-refractivity contribution in [2.45, 2.75) is 39.7 Å². The Morgan fingerprint density at radius 3 is 2.54 bits per heavy atom. The number of carbonyl (C=O) groups excluding carboxylic acids is 1. The molecule has 0 aromatic carbocycles. The van der Waals surface area contributed by atoms with Gasteiger partial charge in [0.05, 0.1) is 0 Å². The Hall–Kier alpha value is -1.04. The number of pyridine rings is 1. The highest BCUT2D eigenvalue weighted by molar-refractivity contribution is 5.85. The summed E-state index contributed by atoms with van der Waals surface area (Å²) in [6, 6.07) is 4.06. The Balaban J connectivity index is 0.00000264. The van der Waals surface area contributed by atoms with Gasteiger partial charge in [0.1, 0.15) is 5.82 Å². The van der Waals surface area contributed by atoms with Gasteiger partial charge in [-0.2, -0.15) is 0 Å². The van der Waals surface area contributed by atoms with Gasteiger partial charge < -0.3 is 16.0 Å². The molecule has 1 amide bonds. The van der Waals surface area contributed by atoms with E-state index in [1.165, 1.54) is 0 Å². The highest BCUT2D eigenvalue weighted by atomic mass is 35.5. The second-order valence-corrected chi connectivity index (χ2v) is 5.95. The van der Waals surface area contributed by atoms with Crippen LogP contribution in [0.2, 0.25) is 0 Å². The molecule has 24 heavy (non-hydrogen) atoms. The molecule has 1 saturated carbocycles. The number of anilines is 1. The van der Waals surface area contributed by atoms with Crippen LogP contribution in [0.1, 0.15) is 38.7 Å². The van der Waals surface area contributed by atoms with Crippen LogP contribution in [0.25, 0.3) is 0 Å². The second kappa shape index (κ2) is 11.5. The zero-order valence-electron chi connectivity index (χ0n) is 14.5. The Labute approximate surface area is 157 Å². The smallest absolute Gasteiger partial charge is 0.223 e. The summed E-state index contributed by atoms with van der Waals surface area (Å²) in [5.41, 5.74) is 6.78. The zero-order valence-corrected chi connectivity index (χ0v) is 16.2. The summed E-state index contributed by atoms with van der Waals surface area (Å²) in [7, 11) is 0. The van der Waals surface area contributed by atoms with E-state index >= 15 is 0 Å². The monoisotopic (exact) mass is 376 g/mol. The molecular weight excluding hydrogens is 347 g/mol. The normalized spacial score (nSPS) is 19.1. The minimum Gasteiger partial charge on any atom is -0.357 e. The summed E-state index contributed by atoms with van der Waals surface area (Å²) in [4.78, 5) is 18.9. The third-order valence-corrected chi connectivity index (χ3v) is 4.66. The first-order valence-electron chi connectivity index (χ1n) is 8.37. The van der Waals surface area contributed by atoms with E-state index in [4.69, 9.17) is 5.73 Å². The predicted octanol–water partition coefficient (Wildman–Crippen LogP) is 2.76. The van der Waals surface area contributed by atoms with Gasteiger partial charge in [0.15, 0.2) is 0 Å². The molecule has 1 aliphatic rings. The van der Waals surface area contributed by atoms with Crippen LogP contribution in [0.15, 0.2) is 18.3 Å². The maximum absolute atomic E-state index is 12.3. The SMILES string of the molecule is CCN(CC)c1ccc(CNC(=O)[C@@H]2CCC[C@@H]2CN)cn1.Cl.Cl. The van der Waals surface area contributed by atoms with Crippen LogP contribution in [0.4, 0.5) is 5.82 Å². The predicted molar refractivity (Wildman–Crippen MR) is 104 cm³/mol. The summed E-state index contributed by atoms with van der Waals surface area (Å²) in [5.74, 6) is 1.57. The van der Waals surface area contributed by atoms with Crippen LogP contribution in [0.3, 0.4) is 0 Å². The topological polar surface area (TPSA) is 71.2 Å². The zero-order chi connectivity index (χ0) is 15.9. The van der Waals surface area contributed by atoms with Gasteiger partial charge in [-0.1, -0.05) is 12.5 Å². The molecule has 138 valence electrons. The molecule has 0 radical (unpaired) electrons. The lowest BCUT2D eigenvalue weighted by Crippen LogP contribution is -2.34. The van der Waals surface area contributed by atoms with Gasteiger partial charge in [-0.3, -0.25) is 4.79 Å². The van der Waals surface area contributed by atoms with Crippen molar-refractivity contribution < 1.29 is 4.79 Å². The Morgan fingerprint density at radius 1 is 1.29 bits per heavy atom. The number of rotatable bonds is 7. The Morgan fingerprint density at radius 2 is 2.00 bits per heavy atom.